The summed E-state index contributed by atoms with van der Waals surface area (Å²) >= 11 is 0. The summed E-state index contributed by atoms with van der Waals surface area (Å²) in [4.78, 5) is 10.7. The largest absolute Gasteiger partial charge is 0.341 e. The first-order valence-electron chi connectivity index (χ1n) is 8.62. The number of piperazine rings is 1. The molecule has 0 aliphatic carbocycles. The smallest absolute Gasteiger partial charge is 0.137 e. The molecular weight excluding hydrogens is 286 g/mol. The van der Waals surface area contributed by atoms with Gasteiger partial charge in [-0.15, -0.1) is 0 Å². The predicted octanol–water partition coefficient (Wildman–Crippen LogP) is 1.60. The van der Waals surface area contributed by atoms with Crippen molar-refractivity contribution < 1.29 is 0 Å². The summed E-state index contributed by atoms with van der Waals surface area (Å²) in [6.45, 7) is 6.50. The molecular formula is C18H25N5. The Balaban J connectivity index is 1.51. The number of rotatable bonds is 3. The van der Waals surface area contributed by atoms with Crippen LogP contribution in [0.3, 0.4) is 0 Å². The van der Waals surface area contributed by atoms with Crippen LogP contribution in [0.2, 0.25) is 0 Å². The quantitative estimate of drug-likeness (QED) is 0.806. The van der Waals surface area contributed by atoms with E-state index < -0.39 is 0 Å². The summed E-state index contributed by atoms with van der Waals surface area (Å²) in [6.07, 6.45) is 4.44. The molecule has 5 nitrogen and oxygen atoms in total. The fraction of sp³-hybridized carbons (Fsp3) is 0.500. The van der Waals surface area contributed by atoms with Gasteiger partial charge in [-0.1, -0.05) is 30.3 Å². The Bertz CT molecular complexity index is 622. The molecule has 2 aromatic rings. The van der Waals surface area contributed by atoms with Gasteiger partial charge in [-0.05, 0) is 25.9 Å². The third-order valence-corrected chi connectivity index (χ3v) is 5.25. The van der Waals surface area contributed by atoms with E-state index in [4.69, 9.17) is 0 Å². The first-order valence-corrected chi connectivity index (χ1v) is 8.62. The van der Waals surface area contributed by atoms with Gasteiger partial charge in [0.15, 0.2) is 0 Å². The SMILES string of the molecule is c1ccc(-c2ncc(CN3CCNCC34CCNCC4)[nH]2)cc1. The minimum absolute atomic E-state index is 0.307. The lowest BCUT2D eigenvalue weighted by Gasteiger charge is -2.49. The van der Waals surface area contributed by atoms with Crippen molar-refractivity contribution in [3.05, 3.63) is 42.2 Å². The standard InChI is InChI=1S/C18H25N5/c1-2-4-15(5-3-1)17-21-12-16(22-17)13-23-11-10-20-14-18(23)6-8-19-9-7-18/h1-5,12,19-20H,6-11,13-14H2,(H,21,22). The molecule has 0 saturated carbocycles. The monoisotopic (exact) mass is 311 g/mol. The van der Waals surface area contributed by atoms with Crippen molar-refractivity contribution in [1.29, 1.82) is 0 Å². The maximum Gasteiger partial charge on any atom is 0.137 e. The molecule has 0 atom stereocenters. The van der Waals surface area contributed by atoms with Crippen LogP contribution in [-0.2, 0) is 6.54 Å². The van der Waals surface area contributed by atoms with Crippen molar-refractivity contribution in [1.82, 2.24) is 25.5 Å². The van der Waals surface area contributed by atoms with E-state index in [0.717, 1.165) is 50.7 Å². The molecule has 2 saturated heterocycles. The van der Waals surface area contributed by atoms with Crippen LogP contribution < -0.4 is 10.6 Å². The Labute approximate surface area is 137 Å². The Morgan fingerprint density at radius 2 is 1.87 bits per heavy atom. The number of nitrogens with zero attached hydrogens (tertiary/aromatic N) is 2. The van der Waals surface area contributed by atoms with Gasteiger partial charge >= 0.3 is 0 Å². The van der Waals surface area contributed by atoms with Crippen LogP contribution in [0.25, 0.3) is 11.4 Å². The van der Waals surface area contributed by atoms with Crippen molar-refractivity contribution in [3.8, 4) is 11.4 Å². The van der Waals surface area contributed by atoms with E-state index in [1.165, 1.54) is 18.5 Å². The highest BCUT2D eigenvalue weighted by atomic mass is 15.3. The summed E-state index contributed by atoms with van der Waals surface area (Å²) in [5.74, 6) is 0.968. The van der Waals surface area contributed by atoms with Crippen LogP contribution in [0.1, 0.15) is 18.5 Å². The van der Waals surface area contributed by atoms with Crippen LogP contribution in [-0.4, -0.2) is 53.1 Å². The van der Waals surface area contributed by atoms with E-state index in [2.05, 4.69) is 49.8 Å². The molecule has 0 amide bonds. The molecule has 23 heavy (non-hydrogen) atoms. The lowest BCUT2D eigenvalue weighted by atomic mass is 9.84. The molecule has 2 fully saturated rings. The number of hydrogen-bond acceptors (Lipinski definition) is 4. The van der Waals surface area contributed by atoms with Crippen molar-refractivity contribution in [3.63, 3.8) is 0 Å². The molecule has 4 rings (SSSR count). The normalized spacial score (nSPS) is 21.6. The molecule has 0 unspecified atom stereocenters. The van der Waals surface area contributed by atoms with Gasteiger partial charge < -0.3 is 15.6 Å². The number of aromatic nitrogens is 2. The minimum atomic E-state index is 0.307. The zero-order chi connectivity index (χ0) is 15.5. The number of imidazole rings is 1. The van der Waals surface area contributed by atoms with E-state index >= 15 is 0 Å². The summed E-state index contributed by atoms with van der Waals surface area (Å²) < 4.78 is 0. The summed E-state index contributed by atoms with van der Waals surface area (Å²) in [7, 11) is 0. The fourth-order valence-corrected chi connectivity index (χ4v) is 3.90. The van der Waals surface area contributed by atoms with Gasteiger partial charge in [0.25, 0.3) is 0 Å². The number of benzene rings is 1. The molecule has 3 N–H and O–H groups in total. The third-order valence-electron chi connectivity index (χ3n) is 5.25. The van der Waals surface area contributed by atoms with E-state index in [9.17, 15) is 0 Å². The number of nitrogens with one attached hydrogen (secondary N) is 3. The average molecular weight is 311 g/mol. The van der Waals surface area contributed by atoms with Crippen LogP contribution in [0.5, 0.6) is 0 Å². The molecule has 122 valence electrons. The topological polar surface area (TPSA) is 56.0 Å². The Hall–Kier alpha value is -1.69. The molecule has 1 aromatic heterocycles. The second-order valence-electron chi connectivity index (χ2n) is 6.70. The van der Waals surface area contributed by atoms with Crippen LogP contribution in [0.15, 0.2) is 36.5 Å². The first-order chi connectivity index (χ1) is 11.4. The zero-order valence-electron chi connectivity index (χ0n) is 13.5. The maximum absolute atomic E-state index is 4.58. The van der Waals surface area contributed by atoms with E-state index in [-0.39, 0.29) is 0 Å². The highest BCUT2D eigenvalue weighted by Crippen LogP contribution is 2.29. The highest BCUT2D eigenvalue weighted by Gasteiger charge is 2.39. The van der Waals surface area contributed by atoms with Crippen molar-refractivity contribution in [2.45, 2.75) is 24.9 Å². The lowest BCUT2D eigenvalue weighted by molar-refractivity contribution is 0.0254. The minimum Gasteiger partial charge on any atom is -0.341 e. The summed E-state index contributed by atoms with van der Waals surface area (Å²) in [6, 6.07) is 10.3. The zero-order valence-corrected chi connectivity index (χ0v) is 13.5. The molecule has 2 aliphatic heterocycles. The second-order valence-corrected chi connectivity index (χ2v) is 6.70. The van der Waals surface area contributed by atoms with Gasteiger partial charge in [0.2, 0.25) is 0 Å². The first kappa shape index (κ1) is 14.9. The average Bonchev–Trinajstić information content (AvgIpc) is 3.07. The van der Waals surface area contributed by atoms with E-state index in [1.54, 1.807) is 0 Å². The molecule has 3 heterocycles. The van der Waals surface area contributed by atoms with E-state index in [0.29, 0.717) is 5.54 Å². The molecule has 0 bridgehead atoms. The number of piperidine rings is 1. The number of aromatic amines is 1. The summed E-state index contributed by atoms with van der Waals surface area (Å²) in [5.41, 5.74) is 2.67. The summed E-state index contributed by atoms with van der Waals surface area (Å²) in [5, 5.41) is 7.09. The Morgan fingerprint density at radius 1 is 1.04 bits per heavy atom. The third kappa shape index (κ3) is 3.04. The van der Waals surface area contributed by atoms with Gasteiger partial charge in [-0.25, -0.2) is 4.98 Å². The van der Waals surface area contributed by atoms with Gasteiger partial charge in [0.05, 0.1) is 0 Å². The van der Waals surface area contributed by atoms with Gasteiger partial charge in [0.1, 0.15) is 5.82 Å². The molecule has 0 radical (unpaired) electrons. The van der Waals surface area contributed by atoms with Crippen molar-refractivity contribution in [2.24, 2.45) is 0 Å². The highest BCUT2D eigenvalue weighted by molar-refractivity contribution is 5.54. The molecule has 5 heteroatoms. The van der Waals surface area contributed by atoms with Crippen LogP contribution >= 0.6 is 0 Å². The lowest BCUT2D eigenvalue weighted by Crippen LogP contribution is -2.64. The van der Waals surface area contributed by atoms with Gasteiger partial charge in [0, 0.05) is 49.2 Å². The fourth-order valence-electron chi connectivity index (χ4n) is 3.90. The van der Waals surface area contributed by atoms with E-state index in [1.807, 2.05) is 12.3 Å². The van der Waals surface area contributed by atoms with Crippen LogP contribution in [0.4, 0.5) is 0 Å². The van der Waals surface area contributed by atoms with Crippen molar-refractivity contribution in [2.75, 3.05) is 32.7 Å². The maximum atomic E-state index is 4.58. The Kier molecular flexibility index (Phi) is 4.16. The Morgan fingerprint density at radius 3 is 2.70 bits per heavy atom. The van der Waals surface area contributed by atoms with Crippen LogP contribution in [0, 0.1) is 0 Å². The van der Waals surface area contributed by atoms with Gasteiger partial charge in [-0.2, -0.15) is 0 Å². The van der Waals surface area contributed by atoms with Gasteiger partial charge in [-0.3, -0.25) is 4.90 Å². The predicted molar refractivity (Wildman–Crippen MR) is 92.1 cm³/mol. The van der Waals surface area contributed by atoms with Crippen molar-refractivity contribution >= 4 is 0 Å². The number of hydrogen-bond donors (Lipinski definition) is 3. The second kappa shape index (κ2) is 6.43. The molecule has 2 aliphatic rings. The molecule has 1 aromatic carbocycles. The number of H-pyrrole nitrogens is 1. The molecule has 1 spiro atoms.